The van der Waals surface area contributed by atoms with Crippen molar-refractivity contribution in [3.8, 4) is 0 Å². The van der Waals surface area contributed by atoms with Crippen molar-refractivity contribution < 1.29 is 14.7 Å². The molecule has 1 aromatic rings. The van der Waals surface area contributed by atoms with Crippen LogP contribution in [0.15, 0.2) is 29.2 Å². The number of thioether (sulfide) groups is 1. The summed E-state index contributed by atoms with van der Waals surface area (Å²) >= 11 is 6.38. The number of nitrogens with zero attached hydrogens (tertiary/aromatic N) is 1. The molecule has 2 rings (SSSR count). The summed E-state index contributed by atoms with van der Waals surface area (Å²) in [5.41, 5.74) is 6.82. The van der Waals surface area contributed by atoms with Crippen molar-refractivity contribution in [3.05, 3.63) is 40.3 Å². The summed E-state index contributed by atoms with van der Waals surface area (Å²) in [7, 11) is 0. The summed E-state index contributed by atoms with van der Waals surface area (Å²) in [5.74, 6) is -1.11. The first kappa shape index (κ1) is 17.2. The second-order valence-electron chi connectivity index (χ2n) is 4.87. The third kappa shape index (κ3) is 4.40. The standard InChI is InChI=1S/C15H15N3O3S2/c16-13(17)10-5-3-9(4-6-10)8-11-14(21)18(15(22)23-11)7-1-2-12(19)20/h3-6,8H,1-2,7H2,(H3,16,17)(H,19,20)/b11-8-. The molecule has 1 aromatic carbocycles. The van der Waals surface area contributed by atoms with Crippen LogP contribution in [-0.2, 0) is 9.59 Å². The van der Waals surface area contributed by atoms with Crippen LogP contribution in [-0.4, -0.2) is 38.6 Å². The maximum absolute atomic E-state index is 12.3. The van der Waals surface area contributed by atoms with E-state index >= 15 is 0 Å². The Bertz CT molecular complexity index is 698. The molecule has 4 N–H and O–H groups in total. The van der Waals surface area contributed by atoms with Gasteiger partial charge in [0.15, 0.2) is 0 Å². The Morgan fingerprint density at radius 2 is 2.04 bits per heavy atom. The van der Waals surface area contributed by atoms with Crippen molar-refractivity contribution in [1.82, 2.24) is 4.90 Å². The maximum atomic E-state index is 12.3. The lowest BCUT2D eigenvalue weighted by Crippen LogP contribution is -2.29. The van der Waals surface area contributed by atoms with Crippen LogP contribution in [0.5, 0.6) is 0 Å². The first-order valence-electron chi connectivity index (χ1n) is 6.80. The largest absolute Gasteiger partial charge is 0.481 e. The molecule has 1 aliphatic rings. The Kier molecular flexibility index (Phi) is 5.51. The molecular formula is C15H15N3O3S2. The summed E-state index contributed by atoms with van der Waals surface area (Å²) in [5, 5.41) is 16.0. The average Bonchev–Trinajstić information content (AvgIpc) is 2.75. The van der Waals surface area contributed by atoms with Crippen LogP contribution < -0.4 is 5.73 Å². The lowest BCUT2D eigenvalue weighted by Gasteiger charge is -2.13. The van der Waals surface area contributed by atoms with Gasteiger partial charge < -0.3 is 10.8 Å². The molecule has 1 aliphatic heterocycles. The first-order chi connectivity index (χ1) is 10.9. The highest BCUT2D eigenvalue weighted by molar-refractivity contribution is 8.26. The molecule has 0 spiro atoms. The highest BCUT2D eigenvalue weighted by atomic mass is 32.2. The van der Waals surface area contributed by atoms with Gasteiger partial charge in [-0.1, -0.05) is 48.2 Å². The fourth-order valence-electron chi connectivity index (χ4n) is 1.99. The minimum Gasteiger partial charge on any atom is -0.481 e. The number of amides is 1. The minimum absolute atomic E-state index is 0.00260. The Hall–Kier alpha value is -2.19. The third-order valence-electron chi connectivity index (χ3n) is 3.17. The second-order valence-corrected chi connectivity index (χ2v) is 6.54. The molecule has 23 heavy (non-hydrogen) atoms. The number of carboxylic acids is 1. The van der Waals surface area contributed by atoms with Crippen molar-refractivity contribution in [1.29, 1.82) is 5.41 Å². The van der Waals surface area contributed by atoms with E-state index in [2.05, 4.69) is 0 Å². The topological polar surface area (TPSA) is 107 Å². The zero-order chi connectivity index (χ0) is 17.0. The van der Waals surface area contributed by atoms with Crippen LogP contribution >= 0.6 is 24.0 Å². The van der Waals surface area contributed by atoms with E-state index in [-0.39, 0.29) is 18.2 Å². The zero-order valence-electron chi connectivity index (χ0n) is 12.1. The van der Waals surface area contributed by atoms with Gasteiger partial charge in [-0.3, -0.25) is 19.9 Å². The van der Waals surface area contributed by atoms with E-state index in [1.54, 1.807) is 30.3 Å². The van der Waals surface area contributed by atoms with Crippen LogP contribution in [0.1, 0.15) is 24.0 Å². The molecule has 6 nitrogen and oxygen atoms in total. The number of carbonyl (C=O) groups excluding carboxylic acids is 1. The van der Waals surface area contributed by atoms with Crippen molar-refractivity contribution >= 4 is 52.1 Å². The molecule has 0 atom stereocenters. The Morgan fingerprint density at radius 3 is 2.61 bits per heavy atom. The van der Waals surface area contributed by atoms with E-state index in [4.69, 9.17) is 28.5 Å². The monoisotopic (exact) mass is 349 g/mol. The number of benzene rings is 1. The predicted molar refractivity (Wildman–Crippen MR) is 94.2 cm³/mol. The third-order valence-corrected chi connectivity index (χ3v) is 4.54. The van der Waals surface area contributed by atoms with Crippen molar-refractivity contribution in [3.63, 3.8) is 0 Å². The molecule has 0 radical (unpaired) electrons. The highest BCUT2D eigenvalue weighted by Crippen LogP contribution is 2.32. The van der Waals surface area contributed by atoms with Crippen LogP contribution in [0.2, 0.25) is 0 Å². The fourth-order valence-corrected chi connectivity index (χ4v) is 3.30. The Labute approximate surface area is 142 Å². The SMILES string of the molecule is N=C(N)c1ccc(/C=C2\SC(=S)N(CCCC(=O)O)C2=O)cc1. The molecule has 1 fully saturated rings. The van der Waals surface area contributed by atoms with Gasteiger partial charge in [0.1, 0.15) is 10.2 Å². The molecule has 1 amide bonds. The summed E-state index contributed by atoms with van der Waals surface area (Å²) in [6.45, 7) is 0.303. The quantitative estimate of drug-likeness (QED) is 0.314. The molecule has 120 valence electrons. The molecule has 0 bridgehead atoms. The van der Waals surface area contributed by atoms with Crippen LogP contribution in [0, 0.1) is 5.41 Å². The molecule has 8 heteroatoms. The number of carbonyl (C=O) groups is 2. The molecule has 0 saturated carbocycles. The van der Waals surface area contributed by atoms with Crippen molar-refractivity contribution in [2.24, 2.45) is 5.73 Å². The number of nitrogens with one attached hydrogen (secondary N) is 1. The molecule has 0 aliphatic carbocycles. The van der Waals surface area contributed by atoms with Gasteiger partial charge >= 0.3 is 5.97 Å². The van der Waals surface area contributed by atoms with Crippen molar-refractivity contribution in [2.45, 2.75) is 12.8 Å². The van der Waals surface area contributed by atoms with Gasteiger partial charge in [0.25, 0.3) is 5.91 Å². The van der Waals surface area contributed by atoms with Gasteiger partial charge in [-0.2, -0.15) is 0 Å². The van der Waals surface area contributed by atoms with Gasteiger partial charge in [0.05, 0.1) is 4.91 Å². The summed E-state index contributed by atoms with van der Waals surface area (Å²) in [6.07, 6.45) is 2.09. The van der Waals surface area contributed by atoms with E-state index in [9.17, 15) is 9.59 Å². The maximum Gasteiger partial charge on any atom is 0.303 e. The zero-order valence-corrected chi connectivity index (χ0v) is 13.7. The van der Waals surface area contributed by atoms with Crippen LogP contribution in [0.3, 0.4) is 0 Å². The Balaban J connectivity index is 2.08. The van der Waals surface area contributed by atoms with Gasteiger partial charge in [0.2, 0.25) is 0 Å². The predicted octanol–water partition coefficient (Wildman–Crippen LogP) is 2.04. The number of nitrogen functional groups attached to an aromatic ring is 1. The van der Waals surface area contributed by atoms with E-state index in [1.165, 1.54) is 16.7 Å². The molecule has 1 saturated heterocycles. The van der Waals surface area contributed by atoms with Gasteiger partial charge in [-0.05, 0) is 18.1 Å². The van der Waals surface area contributed by atoms with Gasteiger partial charge in [0, 0.05) is 18.5 Å². The number of hydrogen-bond donors (Lipinski definition) is 3. The van der Waals surface area contributed by atoms with Crippen LogP contribution in [0.25, 0.3) is 6.08 Å². The number of hydrogen-bond acceptors (Lipinski definition) is 5. The summed E-state index contributed by atoms with van der Waals surface area (Å²) in [4.78, 5) is 24.8. The number of thiocarbonyl (C=S) groups is 1. The van der Waals surface area contributed by atoms with Crippen LogP contribution in [0.4, 0.5) is 0 Å². The molecule has 1 heterocycles. The van der Waals surface area contributed by atoms with Crippen molar-refractivity contribution in [2.75, 3.05) is 6.54 Å². The number of rotatable bonds is 6. The smallest absolute Gasteiger partial charge is 0.303 e. The normalized spacial score (nSPS) is 16.2. The average molecular weight is 349 g/mol. The fraction of sp³-hybridized carbons (Fsp3) is 0.200. The molecular weight excluding hydrogens is 334 g/mol. The molecule has 0 unspecified atom stereocenters. The number of nitrogens with two attached hydrogens (primary N) is 1. The number of aliphatic carboxylic acids is 1. The first-order valence-corrected chi connectivity index (χ1v) is 8.02. The van der Waals surface area contributed by atoms with E-state index in [0.29, 0.717) is 27.8 Å². The van der Waals surface area contributed by atoms with E-state index in [1.807, 2.05) is 0 Å². The molecule has 0 aromatic heterocycles. The highest BCUT2D eigenvalue weighted by Gasteiger charge is 2.31. The Morgan fingerprint density at radius 1 is 1.39 bits per heavy atom. The summed E-state index contributed by atoms with van der Waals surface area (Å²) < 4.78 is 0.437. The lowest BCUT2D eigenvalue weighted by atomic mass is 10.1. The van der Waals surface area contributed by atoms with Gasteiger partial charge in [-0.25, -0.2) is 0 Å². The summed E-state index contributed by atoms with van der Waals surface area (Å²) in [6, 6.07) is 6.96. The van der Waals surface area contributed by atoms with E-state index < -0.39 is 5.97 Å². The number of amidine groups is 1. The minimum atomic E-state index is -0.892. The van der Waals surface area contributed by atoms with E-state index in [0.717, 1.165) is 5.56 Å². The second kappa shape index (κ2) is 7.38. The number of carboxylic acid groups (broad SMARTS) is 1. The lowest BCUT2D eigenvalue weighted by molar-refractivity contribution is -0.137. The van der Waals surface area contributed by atoms with Gasteiger partial charge in [-0.15, -0.1) is 0 Å².